The van der Waals surface area contributed by atoms with Gasteiger partial charge in [0, 0.05) is 13.3 Å². The van der Waals surface area contributed by atoms with E-state index in [0.717, 1.165) is 12.8 Å². The predicted molar refractivity (Wildman–Crippen MR) is 79.5 cm³/mol. The summed E-state index contributed by atoms with van der Waals surface area (Å²) in [5.41, 5.74) is 0.495. The van der Waals surface area contributed by atoms with Gasteiger partial charge in [-0.2, -0.15) is 0 Å². The molecule has 1 nitrogen and oxygen atoms in total. The maximum atomic E-state index is 10.6. The van der Waals surface area contributed by atoms with Gasteiger partial charge in [-0.25, -0.2) is 0 Å². The van der Waals surface area contributed by atoms with Gasteiger partial charge in [0.1, 0.15) is 0 Å². The summed E-state index contributed by atoms with van der Waals surface area (Å²) in [4.78, 5) is 10.6. The van der Waals surface area contributed by atoms with Crippen molar-refractivity contribution < 1.29 is 4.79 Å². The Kier molecular flexibility index (Phi) is 9.74. The SMILES string of the molecule is CC(=O)C#CCCCCCCCCCC(C)(C)C. The van der Waals surface area contributed by atoms with Gasteiger partial charge in [0.25, 0.3) is 0 Å². The predicted octanol–water partition coefficient (Wildman–Crippen LogP) is 5.14. The fraction of sp³-hybridized carbons (Fsp3) is 0.824. The van der Waals surface area contributed by atoms with Crippen LogP contribution >= 0.6 is 0 Å². The van der Waals surface area contributed by atoms with Crippen LogP contribution in [0.3, 0.4) is 0 Å². The number of Topliss-reactive ketones (excluding diaryl/α,β-unsaturated/α-hetero) is 1. The van der Waals surface area contributed by atoms with Crippen LogP contribution in [0, 0.1) is 17.3 Å². The molecule has 0 saturated heterocycles. The molecule has 18 heavy (non-hydrogen) atoms. The second-order valence-corrected chi connectivity index (χ2v) is 6.39. The van der Waals surface area contributed by atoms with Crippen LogP contribution in [-0.4, -0.2) is 5.78 Å². The van der Waals surface area contributed by atoms with Crippen molar-refractivity contribution >= 4 is 5.78 Å². The van der Waals surface area contributed by atoms with E-state index in [2.05, 4.69) is 32.6 Å². The Morgan fingerprint density at radius 1 is 0.889 bits per heavy atom. The third-order valence-corrected chi connectivity index (χ3v) is 2.99. The van der Waals surface area contributed by atoms with Gasteiger partial charge < -0.3 is 0 Å². The standard InChI is InChI=1S/C17H30O/c1-16(18)14-12-10-8-6-5-7-9-11-13-15-17(2,3)4/h5-11,13,15H2,1-4H3. The lowest BCUT2D eigenvalue weighted by atomic mass is 9.89. The quantitative estimate of drug-likeness (QED) is 0.331. The van der Waals surface area contributed by atoms with Crippen LogP contribution in [-0.2, 0) is 4.79 Å². The van der Waals surface area contributed by atoms with Crippen molar-refractivity contribution in [2.75, 3.05) is 0 Å². The average molecular weight is 250 g/mol. The van der Waals surface area contributed by atoms with Gasteiger partial charge in [-0.15, -0.1) is 0 Å². The number of hydrogen-bond donors (Lipinski definition) is 0. The molecule has 0 rings (SSSR count). The van der Waals surface area contributed by atoms with E-state index in [1.54, 1.807) is 0 Å². The fourth-order valence-electron chi connectivity index (χ4n) is 1.94. The fourth-order valence-corrected chi connectivity index (χ4v) is 1.94. The summed E-state index contributed by atoms with van der Waals surface area (Å²) in [6, 6.07) is 0. The van der Waals surface area contributed by atoms with Crippen LogP contribution in [0.15, 0.2) is 0 Å². The highest BCUT2D eigenvalue weighted by molar-refractivity contribution is 5.93. The van der Waals surface area contributed by atoms with E-state index in [4.69, 9.17) is 0 Å². The topological polar surface area (TPSA) is 17.1 Å². The normalized spacial score (nSPS) is 10.9. The minimum atomic E-state index is -0.0196. The van der Waals surface area contributed by atoms with Crippen molar-refractivity contribution in [3.63, 3.8) is 0 Å². The molecule has 0 aromatic rings. The van der Waals surface area contributed by atoms with Gasteiger partial charge in [0.05, 0.1) is 0 Å². The first-order valence-corrected chi connectivity index (χ1v) is 7.41. The van der Waals surface area contributed by atoms with Gasteiger partial charge in [0.2, 0.25) is 5.78 Å². The summed E-state index contributed by atoms with van der Waals surface area (Å²) in [7, 11) is 0. The van der Waals surface area contributed by atoms with Crippen LogP contribution in [0.1, 0.15) is 85.5 Å². The number of carbonyl (C=O) groups excluding carboxylic acids is 1. The van der Waals surface area contributed by atoms with Gasteiger partial charge in [-0.3, -0.25) is 4.79 Å². The van der Waals surface area contributed by atoms with E-state index in [1.807, 2.05) is 0 Å². The Balaban J connectivity index is 3.18. The first kappa shape index (κ1) is 17.2. The summed E-state index contributed by atoms with van der Waals surface area (Å²) in [6.45, 7) is 8.46. The zero-order chi connectivity index (χ0) is 13.9. The Bertz CT molecular complexity index is 272. The molecule has 0 atom stereocenters. The van der Waals surface area contributed by atoms with Gasteiger partial charge in [-0.1, -0.05) is 65.2 Å². The lowest BCUT2D eigenvalue weighted by Gasteiger charge is -2.17. The van der Waals surface area contributed by atoms with Crippen molar-refractivity contribution in [1.82, 2.24) is 0 Å². The Labute approximate surface area is 114 Å². The Morgan fingerprint density at radius 2 is 1.39 bits per heavy atom. The zero-order valence-electron chi connectivity index (χ0n) is 12.8. The molecular weight excluding hydrogens is 220 g/mol. The summed E-state index contributed by atoms with van der Waals surface area (Å²) in [6.07, 6.45) is 11.4. The van der Waals surface area contributed by atoms with E-state index in [1.165, 1.54) is 51.9 Å². The molecule has 0 aliphatic heterocycles. The molecule has 1 heteroatoms. The van der Waals surface area contributed by atoms with E-state index >= 15 is 0 Å². The average Bonchev–Trinajstić information content (AvgIpc) is 2.24. The number of carbonyl (C=O) groups is 1. The van der Waals surface area contributed by atoms with Crippen molar-refractivity contribution in [3.8, 4) is 11.8 Å². The summed E-state index contributed by atoms with van der Waals surface area (Å²) in [5, 5.41) is 0. The van der Waals surface area contributed by atoms with E-state index in [9.17, 15) is 4.79 Å². The number of hydrogen-bond acceptors (Lipinski definition) is 1. The second kappa shape index (κ2) is 10.2. The van der Waals surface area contributed by atoms with Crippen molar-refractivity contribution in [3.05, 3.63) is 0 Å². The van der Waals surface area contributed by atoms with Crippen molar-refractivity contribution in [1.29, 1.82) is 0 Å². The van der Waals surface area contributed by atoms with Crippen LogP contribution < -0.4 is 0 Å². The molecule has 0 radical (unpaired) electrons. The molecule has 0 heterocycles. The van der Waals surface area contributed by atoms with E-state index < -0.39 is 0 Å². The maximum absolute atomic E-state index is 10.6. The summed E-state index contributed by atoms with van der Waals surface area (Å²) in [5.74, 6) is 5.48. The molecule has 0 fully saturated rings. The van der Waals surface area contributed by atoms with Crippen LogP contribution in [0.2, 0.25) is 0 Å². The lowest BCUT2D eigenvalue weighted by Crippen LogP contribution is -2.03. The molecule has 0 spiro atoms. The van der Waals surface area contributed by atoms with Crippen molar-refractivity contribution in [2.45, 2.75) is 85.5 Å². The summed E-state index contributed by atoms with van der Waals surface area (Å²) < 4.78 is 0. The monoisotopic (exact) mass is 250 g/mol. The first-order valence-electron chi connectivity index (χ1n) is 7.41. The molecule has 0 saturated carbocycles. The van der Waals surface area contributed by atoms with Gasteiger partial charge in [0.15, 0.2) is 0 Å². The smallest absolute Gasteiger partial charge is 0.202 e. The Hall–Kier alpha value is -0.770. The number of rotatable bonds is 8. The summed E-state index contributed by atoms with van der Waals surface area (Å²) >= 11 is 0. The Morgan fingerprint density at radius 3 is 1.89 bits per heavy atom. The third kappa shape index (κ3) is 15.2. The van der Waals surface area contributed by atoms with Crippen LogP contribution in [0.4, 0.5) is 0 Å². The molecule has 0 unspecified atom stereocenters. The highest BCUT2D eigenvalue weighted by atomic mass is 16.1. The minimum Gasteiger partial charge on any atom is -0.285 e. The zero-order valence-corrected chi connectivity index (χ0v) is 12.8. The van der Waals surface area contributed by atoms with Gasteiger partial charge in [-0.05, 0) is 24.2 Å². The minimum absolute atomic E-state index is 0.0196. The number of unbranched alkanes of at least 4 members (excludes halogenated alkanes) is 7. The molecule has 0 bridgehead atoms. The molecule has 0 aromatic heterocycles. The largest absolute Gasteiger partial charge is 0.285 e. The molecular formula is C17H30O. The molecule has 0 aromatic carbocycles. The highest BCUT2D eigenvalue weighted by Gasteiger charge is 2.08. The van der Waals surface area contributed by atoms with Gasteiger partial charge >= 0.3 is 0 Å². The second-order valence-electron chi connectivity index (χ2n) is 6.39. The highest BCUT2D eigenvalue weighted by Crippen LogP contribution is 2.22. The first-order chi connectivity index (χ1) is 8.42. The number of ketones is 1. The maximum Gasteiger partial charge on any atom is 0.202 e. The van der Waals surface area contributed by atoms with E-state index in [0.29, 0.717) is 5.41 Å². The molecule has 0 N–H and O–H groups in total. The molecule has 104 valence electrons. The van der Waals surface area contributed by atoms with Crippen molar-refractivity contribution in [2.24, 2.45) is 5.41 Å². The molecule has 0 amide bonds. The van der Waals surface area contributed by atoms with E-state index in [-0.39, 0.29) is 5.78 Å². The van der Waals surface area contributed by atoms with Crippen LogP contribution in [0.5, 0.6) is 0 Å². The third-order valence-electron chi connectivity index (χ3n) is 2.99. The molecule has 0 aliphatic carbocycles. The lowest BCUT2D eigenvalue weighted by molar-refractivity contribution is -0.111. The van der Waals surface area contributed by atoms with Crippen LogP contribution in [0.25, 0.3) is 0 Å². The molecule has 0 aliphatic rings.